The first-order valence-corrected chi connectivity index (χ1v) is 8.39. The fraction of sp³-hybridized carbons (Fsp3) is 0.316. The number of benzene rings is 2. The Morgan fingerprint density at radius 3 is 1.50 bits per heavy atom. The largest absolute Gasteiger partial charge is 0.507 e. The molecule has 9 nitrogen and oxygen atoms in total. The van der Waals surface area contributed by atoms with Crippen LogP contribution in [-0.4, -0.2) is 75.1 Å². The maximum Gasteiger partial charge on any atom is 0.200 e. The summed E-state index contributed by atoms with van der Waals surface area (Å²) in [6, 6.07) is 7.79. The van der Waals surface area contributed by atoms with Crippen LogP contribution in [0.2, 0.25) is 0 Å². The van der Waals surface area contributed by atoms with E-state index in [0.29, 0.717) is 0 Å². The molecule has 28 heavy (non-hydrogen) atoms. The van der Waals surface area contributed by atoms with Crippen LogP contribution in [0.3, 0.4) is 0 Å². The normalized spacial score (nSPS) is 13.0. The molecule has 2 unspecified atom stereocenters. The average Bonchev–Trinajstić information content (AvgIpc) is 2.69. The van der Waals surface area contributed by atoms with Crippen molar-refractivity contribution in [1.29, 1.82) is 0 Å². The van der Waals surface area contributed by atoms with Crippen molar-refractivity contribution in [1.82, 2.24) is 0 Å². The lowest BCUT2D eigenvalue weighted by Gasteiger charge is -2.13. The summed E-state index contributed by atoms with van der Waals surface area (Å²) >= 11 is 0. The second-order valence-electron chi connectivity index (χ2n) is 5.98. The summed E-state index contributed by atoms with van der Waals surface area (Å²) in [6.07, 6.45) is -2.14. The van der Waals surface area contributed by atoms with Crippen LogP contribution in [0, 0.1) is 0 Å². The van der Waals surface area contributed by atoms with Gasteiger partial charge in [-0.2, -0.15) is 0 Å². The first-order valence-electron chi connectivity index (χ1n) is 8.39. The van der Waals surface area contributed by atoms with Crippen molar-refractivity contribution in [3.63, 3.8) is 0 Å². The summed E-state index contributed by atoms with van der Waals surface area (Å²) < 4.78 is 10.4. The lowest BCUT2D eigenvalue weighted by Crippen LogP contribution is -2.21. The molecular weight excluding hydrogens is 372 g/mol. The Bertz CT molecular complexity index is 740. The SMILES string of the molecule is O=C(c1ccc(OCC(O)CO)cc1O)c1ccc(OCC(O)CO)cc1O. The molecular formula is C19H22O9. The number of ether oxygens (including phenoxy) is 2. The second-order valence-corrected chi connectivity index (χ2v) is 5.98. The van der Waals surface area contributed by atoms with Gasteiger partial charge in [0.25, 0.3) is 0 Å². The molecule has 0 aromatic heterocycles. The van der Waals surface area contributed by atoms with E-state index < -0.39 is 31.2 Å². The van der Waals surface area contributed by atoms with Crippen LogP contribution in [0.5, 0.6) is 23.0 Å². The zero-order chi connectivity index (χ0) is 20.7. The van der Waals surface area contributed by atoms with Crippen molar-refractivity contribution in [3.05, 3.63) is 47.5 Å². The Hall–Kier alpha value is -2.85. The minimum atomic E-state index is -1.07. The van der Waals surface area contributed by atoms with Crippen molar-refractivity contribution in [3.8, 4) is 23.0 Å². The van der Waals surface area contributed by atoms with Gasteiger partial charge in [-0.15, -0.1) is 0 Å². The Morgan fingerprint density at radius 2 is 1.18 bits per heavy atom. The monoisotopic (exact) mass is 394 g/mol. The third-order valence-electron chi connectivity index (χ3n) is 3.73. The minimum absolute atomic E-state index is 0.0743. The van der Waals surface area contributed by atoms with Gasteiger partial charge in [-0.25, -0.2) is 0 Å². The molecule has 0 bridgehead atoms. The number of aliphatic hydroxyl groups excluding tert-OH is 4. The number of hydrogen-bond donors (Lipinski definition) is 6. The third kappa shape index (κ3) is 5.57. The predicted molar refractivity (Wildman–Crippen MR) is 96.8 cm³/mol. The van der Waals surface area contributed by atoms with Gasteiger partial charge in [0.05, 0.1) is 24.3 Å². The zero-order valence-corrected chi connectivity index (χ0v) is 14.9. The van der Waals surface area contributed by atoms with E-state index >= 15 is 0 Å². The maximum absolute atomic E-state index is 12.6. The average molecular weight is 394 g/mol. The van der Waals surface area contributed by atoms with E-state index in [2.05, 4.69) is 0 Å². The zero-order valence-electron chi connectivity index (χ0n) is 14.9. The van der Waals surface area contributed by atoms with Gasteiger partial charge < -0.3 is 40.1 Å². The number of ketones is 1. The molecule has 0 heterocycles. The fourth-order valence-corrected chi connectivity index (χ4v) is 2.22. The van der Waals surface area contributed by atoms with Crippen LogP contribution in [0.1, 0.15) is 15.9 Å². The fourth-order valence-electron chi connectivity index (χ4n) is 2.22. The Morgan fingerprint density at radius 1 is 0.786 bits per heavy atom. The minimum Gasteiger partial charge on any atom is -0.507 e. The van der Waals surface area contributed by atoms with E-state index in [0.717, 1.165) is 0 Å². The Labute approximate surface area is 160 Å². The molecule has 2 aromatic rings. The number of carbonyl (C=O) groups is 1. The molecule has 2 atom stereocenters. The lowest BCUT2D eigenvalue weighted by atomic mass is 10.0. The molecule has 0 aliphatic rings. The number of phenolic OH excluding ortho intramolecular Hbond substituents is 2. The molecule has 0 saturated heterocycles. The van der Waals surface area contributed by atoms with Gasteiger partial charge in [0.1, 0.15) is 48.4 Å². The number of carbonyl (C=O) groups excluding carboxylic acids is 1. The van der Waals surface area contributed by atoms with Crippen LogP contribution in [0.25, 0.3) is 0 Å². The molecule has 152 valence electrons. The summed E-state index contributed by atoms with van der Waals surface area (Å²) in [6.45, 7) is -1.31. The molecule has 0 aliphatic heterocycles. The molecule has 0 fully saturated rings. The van der Waals surface area contributed by atoms with Crippen LogP contribution >= 0.6 is 0 Å². The van der Waals surface area contributed by atoms with E-state index in [1.54, 1.807) is 0 Å². The third-order valence-corrected chi connectivity index (χ3v) is 3.73. The number of aliphatic hydroxyl groups is 4. The van der Waals surface area contributed by atoms with Gasteiger partial charge in [0.2, 0.25) is 0 Å². The molecule has 9 heteroatoms. The summed E-state index contributed by atoms with van der Waals surface area (Å²) in [5.41, 5.74) is -0.149. The molecule has 6 N–H and O–H groups in total. The number of hydrogen-bond acceptors (Lipinski definition) is 9. The topological polar surface area (TPSA) is 157 Å². The standard InChI is InChI=1S/C19H22O9/c20-7-11(22)9-27-13-1-3-15(17(24)5-13)19(26)16-4-2-14(6-18(16)25)28-10-12(23)8-21/h1-6,11-12,20-25H,7-10H2. The van der Waals surface area contributed by atoms with E-state index in [9.17, 15) is 25.2 Å². The van der Waals surface area contributed by atoms with Crippen molar-refractivity contribution in [2.45, 2.75) is 12.2 Å². The van der Waals surface area contributed by atoms with Crippen molar-refractivity contribution < 1.29 is 44.9 Å². The highest BCUT2D eigenvalue weighted by Gasteiger charge is 2.19. The van der Waals surface area contributed by atoms with Gasteiger partial charge in [0, 0.05) is 12.1 Å². The van der Waals surface area contributed by atoms with E-state index in [1.807, 2.05) is 0 Å². The molecule has 2 rings (SSSR count). The summed E-state index contributed by atoms with van der Waals surface area (Å²) in [7, 11) is 0. The summed E-state index contributed by atoms with van der Waals surface area (Å²) in [5.74, 6) is -1.02. The first-order chi connectivity index (χ1) is 13.3. The van der Waals surface area contributed by atoms with Gasteiger partial charge in [-0.3, -0.25) is 4.79 Å². The number of phenols is 2. The van der Waals surface area contributed by atoms with Crippen molar-refractivity contribution >= 4 is 5.78 Å². The molecule has 0 amide bonds. The highest BCUT2D eigenvalue weighted by atomic mass is 16.5. The summed E-state index contributed by atoms with van der Waals surface area (Å²) in [4.78, 5) is 12.6. The number of rotatable bonds is 10. The Balaban J connectivity index is 2.12. The predicted octanol–water partition coefficient (Wildman–Crippen LogP) is -0.207. The van der Waals surface area contributed by atoms with E-state index in [4.69, 9.17) is 19.7 Å². The highest BCUT2D eigenvalue weighted by molar-refractivity contribution is 6.12. The van der Waals surface area contributed by atoms with Crippen LogP contribution in [0.15, 0.2) is 36.4 Å². The smallest absolute Gasteiger partial charge is 0.200 e. The second kappa shape index (κ2) is 9.90. The molecule has 0 aliphatic carbocycles. The van der Waals surface area contributed by atoms with Gasteiger partial charge >= 0.3 is 0 Å². The van der Waals surface area contributed by atoms with Crippen LogP contribution in [0.4, 0.5) is 0 Å². The quantitative estimate of drug-likeness (QED) is 0.300. The van der Waals surface area contributed by atoms with E-state index in [-0.39, 0.29) is 47.3 Å². The van der Waals surface area contributed by atoms with Gasteiger partial charge in [-0.05, 0) is 24.3 Å². The van der Waals surface area contributed by atoms with Gasteiger partial charge in [0.15, 0.2) is 5.78 Å². The summed E-state index contributed by atoms with van der Waals surface area (Å²) in [5, 5.41) is 56.2. The van der Waals surface area contributed by atoms with Crippen molar-refractivity contribution in [2.24, 2.45) is 0 Å². The van der Waals surface area contributed by atoms with Gasteiger partial charge in [-0.1, -0.05) is 0 Å². The lowest BCUT2D eigenvalue weighted by molar-refractivity contribution is 0.0535. The molecule has 0 spiro atoms. The number of aromatic hydroxyl groups is 2. The highest BCUT2D eigenvalue weighted by Crippen LogP contribution is 2.30. The molecule has 0 radical (unpaired) electrons. The van der Waals surface area contributed by atoms with Crippen LogP contribution in [-0.2, 0) is 0 Å². The molecule has 2 aromatic carbocycles. The van der Waals surface area contributed by atoms with E-state index in [1.165, 1.54) is 36.4 Å². The van der Waals surface area contributed by atoms with Crippen LogP contribution < -0.4 is 9.47 Å². The maximum atomic E-state index is 12.6. The van der Waals surface area contributed by atoms with Crippen molar-refractivity contribution in [2.75, 3.05) is 26.4 Å². The Kier molecular flexibility index (Phi) is 7.59. The molecule has 0 saturated carbocycles. The first kappa shape index (κ1) is 21.5.